The third-order valence-electron chi connectivity index (χ3n) is 4.47. The first-order chi connectivity index (χ1) is 10.1. The van der Waals surface area contributed by atoms with Crippen molar-refractivity contribution in [3.05, 3.63) is 18.2 Å². The van der Waals surface area contributed by atoms with Gasteiger partial charge in [0.25, 0.3) is 0 Å². The zero-order valence-corrected chi connectivity index (χ0v) is 13.4. The number of benzene rings is 1. The molecule has 1 saturated heterocycles. The molecule has 21 heavy (non-hydrogen) atoms. The maximum Gasteiger partial charge on any atom is 0.144 e. The number of ether oxygens (including phenoxy) is 2. The van der Waals surface area contributed by atoms with Crippen molar-refractivity contribution < 1.29 is 9.47 Å². The van der Waals surface area contributed by atoms with Gasteiger partial charge in [0, 0.05) is 24.4 Å². The lowest BCUT2D eigenvalue weighted by atomic mass is 9.86. The standard InChI is InChI=1S/C17H28N2O2/c1-4-17(5-2)12-14(9-10-21-17)19-13-7-8-15(18)16(11-13)20-6-3/h7-8,11,14,19H,4-6,9-10,12,18H2,1-3H3. The first-order valence-corrected chi connectivity index (χ1v) is 8.05. The van der Waals surface area contributed by atoms with E-state index in [1.54, 1.807) is 0 Å². The number of hydrogen-bond acceptors (Lipinski definition) is 4. The molecule has 1 unspecified atom stereocenters. The molecule has 1 fully saturated rings. The first kappa shape index (κ1) is 16.0. The zero-order chi connectivity index (χ0) is 15.3. The summed E-state index contributed by atoms with van der Waals surface area (Å²) < 4.78 is 11.6. The van der Waals surface area contributed by atoms with Crippen LogP contribution in [0.25, 0.3) is 0 Å². The molecule has 4 heteroatoms. The Kier molecular flexibility index (Phi) is 5.34. The Bertz CT molecular complexity index is 458. The molecule has 1 atom stereocenters. The summed E-state index contributed by atoms with van der Waals surface area (Å²) in [4.78, 5) is 0. The molecule has 0 aliphatic carbocycles. The Morgan fingerprint density at radius 1 is 1.33 bits per heavy atom. The van der Waals surface area contributed by atoms with Gasteiger partial charge >= 0.3 is 0 Å². The van der Waals surface area contributed by atoms with Crippen LogP contribution in [0.4, 0.5) is 11.4 Å². The van der Waals surface area contributed by atoms with Crippen molar-refractivity contribution in [3.8, 4) is 5.75 Å². The van der Waals surface area contributed by atoms with E-state index < -0.39 is 0 Å². The van der Waals surface area contributed by atoms with Crippen molar-refractivity contribution in [2.75, 3.05) is 24.3 Å². The Morgan fingerprint density at radius 3 is 2.76 bits per heavy atom. The van der Waals surface area contributed by atoms with Crippen LogP contribution in [-0.2, 0) is 4.74 Å². The van der Waals surface area contributed by atoms with Gasteiger partial charge in [0.1, 0.15) is 5.75 Å². The molecule has 0 saturated carbocycles. The lowest BCUT2D eigenvalue weighted by Crippen LogP contribution is -2.43. The van der Waals surface area contributed by atoms with E-state index in [-0.39, 0.29) is 5.60 Å². The van der Waals surface area contributed by atoms with E-state index in [0.717, 1.165) is 43.7 Å². The monoisotopic (exact) mass is 292 g/mol. The van der Waals surface area contributed by atoms with E-state index >= 15 is 0 Å². The second-order valence-corrected chi connectivity index (χ2v) is 5.76. The third-order valence-corrected chi connectivity index (χ3v) is 4.47. The number of nitrogen functional groups attached to an aromatic ring is 1. The summed E-state index contributed by atoms with van der Waals surface area (Å²) in [6.45, 7) is 7.84. The van der Waals surface area contributed by atoms with Crippen molar-refractivity contribution in [1.82, 2.24) is 0 Å². The number of anilines is 2. The molecule has 2 rings (SSSR count). The molecule has 1 aromatic rings. The molecular weight excluding hydrogens is 264 g/mol. The lowest BCUT2D eigenvalue weighted by molar-refractivity contribution is -0.0864. The second kappa shape index (κ2) is 7.03. The molecule has 3 N–H and O–H groups in total. The predicted molar refractivity (Wildman–Crippen MR) is 87.9 cm³/mol. The van der Waals surface area contributed by atoms with E-state index in [0.29, 0.717) is 18.3 Å². The molecule has 4 nitrogen and oxygen atoms in total. The van der Waals surface area contributed by atoms with Crippen molar-refractivity contribution >= 4 is 11.4 Å². The van der Waals surface area contributed by atoms with Crippen LogP contribution < -0.4 is 15.8 Å². The summed E-state index contributed by atoms with van der Waals surface area (Å²) in [6, 6.07) is 6.36. The molecule has 0 spiro atoms. The SMILES string of the molecule is CCOc1cc(NC2CCOC(CC)(CC)C2)ccc1N. The minimum absolute atomic E-state index is 0.0342. The van der Waals surface area contributed by atoms with Gasteiger partial charge in [-0.2, -0.15) is 0 Å². The van der Waals surface area contributed by atoms with Crippen molar-refractivity contribution in [2.24, 2.45) is 0 Å². The Labute approximate surface area is 128 Å². The van der Waals surface area contributed by atoms with Crippen LogP contribution in [-0.4, -0.2) is 24.9 Å². The first-order valence-electron chi connectivity index (χ1n) is 8.05. The zero-order valence-electron chi connectivity index (χ0n) is 13.4. The highest BCUT2D eigenvalue weighted by Gasteiger charge is 2.34. The van der Waals surface area contributed by atoms with Gasteiger partial charge in [0.15, 0.2) is 0 Å². The number of nitrogens with one attached hydrogen (secondary N) is 1. The highest BCUT2D eigenvalue weighted by molar-refractivity contribution is 5.61. The van der Waals surface area contributed by atoms with Gasteiger partial charge in [-0.1, -0.05) is 13.8 Å². The fraction of sp³-hybridized carbons (Fsp3) is 0.647. The quantitative estimate of drug-likeness (QED) is 0.783. The lowest BCUT2D eigenvalue weighted by Gasteiger charge is -2.40. The molecule has 0 amide bonds. The van der Waals surface area contributed by atoms with Crippen LogP contribution in [0.15, 0.2) is 18.2 Å². The van der Waals surface area contributed by atoms with Gasteiger partial charge in [-0.3, -0.25) is 0 Å². The van der Waals surface area contributed by atoms with Crippen molar-refractivity contribution in [2.45, 2.75) is 58.1 Å². The summed E-state index contributed by atoms with van der Waals surface area (Å²) in [5, 5.41) is 3.61. The smallest absolute Gasteiger partial charge is 0.144 e. The van der Waals surface area contributed by atoms with Crippen LogP contribution in [0.5, 0.6) is 5.75 Å². The van der Waals surface area contributed by atoms with E-state index in [1.807, 2.05) is 25.1 Å². The highest BCUT2D eigenvalue weighted by atomic mass is 16.5. The maximum absolute atomic E-state index is 6.03. The van der Waals surface area contributed by atoms with Gasteiger partial charge in [-0.15, -0.1) is 0 Å². The van der Waals surface area contributed by atoms with Crippen molar-refractivity contribution in [1.29, 1.82) is 0 Å². The molecule has 1 aliphatic rings. The normalized spacial score (nSPS) is 21.0. The molecule has 0 aromatic heterocycles. The van der Waals surface area contributed by atoms with Crippen LogP contribution in [0.1, 0.15) is 46.5 Å². The molecule has 118 valence electrons. The Hall–Kier alpha value is -1.42. The summed E-state index contributed by atoms with van der Waals surface area (Å²) in [5.41, 5.74) is 7.71. The minimum atomic E-state index is 0.0342. The van der Waals surface area contributed by atoms with Gasteiger partial charge in [0.05, 0.1) is 17.9 Å². The second-order valence-electron chi connectivity index (χ2n) is 5.76. The Morgan fingerprint density at radius 2 is 2.10 bits per heavy atom. The number of nitrogens with two attached hydrogens (primary N) is 1. The van der Waals surface area contributed by atoms with Crippen molar-refractivity contribution in [3.63, 3.8) is 0 Å². The number of rotatable bonds is 6. The van der Waals surface area contributed by atoms with Crippen LogP contribution in [0.3, 0.4) is 0 Å². The summed E-state index contributed by atoms with van der Waals surface area (Å²) in [5.74, 6) is 0.756. The average Bonchev–Trinajstić information content (AvgIpc) is 2.51. The van der Waals surface area contributed by atoms with E-state index in [4.69, 9.17) is 15.2 Å². The highest BCUT2D eigenvalue weighted by Crippen LogP contribution is 2.33. The molecule has 1 heterocycles. The maximum atomic E-state index is 6.03. The fourth-order valence-corrected chi connectivity index (χ4v) is 3.03. The van der Waals surface area contributed by atoms with Gasteiger partial charge in [-0.05, 0) is 44.7 Å². The predicted octanol–water partition coefficient (Wildman–Crippen LogP) is 3.82. The van der Waals surface area contributed by atoms with Crippen LogP contribution in [0.2, 0.25) is 0 Å². The van der Waals surface area contributed by atoms with Gasteiger partial charge in [-0.25, -0.2) is 0 Å². The summed E-state index contributed by atoms with van der Waals surface area (Å²) in [6.07, 6.45) is 4.21. The topological polar surface area (TPSA) is 56.5 Å². The molecule has 0 bridgehead atoms. The molecular formula is C17H28N2O2. The largest absolute Gasteiger partial charge is 0.492 e. The van der Waals surface area contributed by atoms with E-state index in [2.05, 4.69) is 19.2 Å². The summed E-state index contributed by atoms with van der Waals surface area (Å²) >= 11 is 0. The van der Waals surface area contributed by atoms with Crippen LogP contribution >= 0.6 is 0 Å². The molecule has 1 aromatic carbocycles. The van der Waals surface area contributed by atoms with E-state index in [1.165, 1.54) is 0 Å². The third kappa shape index (κ3) is 3.82. The summed E-state index contributed by atoms with van der Waals surface area (Å²) in [7, 11) is 0. The Balaban J connectivity index is 2.05. The van der Waals surface area contributed by atoms with Crippen LogP contribution in [0, 0.1) is 0 Å². The number of hydrogen-bond donors (Lipinski definition) is 2. The molecule has 1 aliphatic heterocycles. The minimum Gasteiger partial charge on any atom is -0.492 e. The van der Waals surface area contributed by atoms with Gasteiger partial charge < -0.3 is 20.5 Å². The molecule has 0 radical (unpaired) electrons. The van der Waals surface area contributed by atoms with Gasteiger partial charge in [0.2, 0.25) is 0 Å². The van der Waals surface area contributed by atoms with E-state index in [9.17, 15) is 0 Å². The average molecular weight is 292 g/mol. The fourth-order valence-electron chi connectivity index (χ4n) is 3.03.